The molecule has 0 aliphatic rings. The highest BCUT2D eigenvalue weighted by atomic mass is 19.1. The van der Waals surface area contributed by atoms with Gasteiger partial charge in [-0.3, -0.25) is 0 Å². The second kappa shape index (κ2) is 5.26. The molecule has 108 valence electrons. The summed E-state index contributed by atoms with van der Waals surface area (Å²) in [6.45, 7) is 4.07. The maximum absolute atomic E-state index is 12.9. The number of nitrogens with zero attached hydrogens (tertiary/aromatic N) is 3. The molecule has 4 nitrogen and oxygen atoms in total. The van der Waals surface area contributed by atoms with E-state index in [1.807, 2.05) is 36.7 Å². The van der Waals surface area contributed by atoms with Gasteiger partial charge in [-0.05, 0) is 49.2 Å². The molecule has 21 heavy (non-hydrogen) atoms. The molecule has 3 aromatic rings. The first kappa shape index (κ1) is 13.7. The van der Waals surface area contributed by atoms with Crippen LogP contribution in [0.5, 0.6) is 0 Å². The summed E-state index contributed by atoms with van der Waals surface area (Å²) in [4.78, 5) is 0. The Hall–Kier alpha value is -2.27. The minimum Gasteiger partial charge on any atom is -0.384 e. The van der Waals surface area contributed by atoms with Crippen LogP contribution in [0.2, 0.25) is 0 Å². The Kier molecular flexibility index (Phi) is 3.43. The van der Waals surface area contributed by atoms with Crippen LogP contribution in [0.1, 0.15) is 37.1 Å². The van der Waals surface area contributed by atoms with Crippen molar-refractivity contribution >= 4 is 11.0 Å². The van der Waals surface area contributed by atoms with Crippen LogP contribution in [0.15, 0.2) is 42.5 Å². The summed E-state index contributed by atoms with van der Waals surface area (Å²) in [6.07, 6.45) is -0.806. The van der Waals surface area contributed by atoms with Gasteiger partial charge in [0.1, 0.15) is 17.4 Å². The number of rotatable bonds is 3. The summed E-state index contributed by atoms with van der Waals surface area (Å²) in [5.41, 5.74) is 3.03. The van der Waals surface area contributed by atoms with E-state index in [1.54, 1.807) is 12.1 Å². The van der Waals surface area contributed by atoms with Gasteiger partial charge in [-0.25, -0.2) is 9.07 Å². The van der Waals surface area contributed by atoms with Crippen LogP contribution < -0.4 is 0 Å². The van der Waals surface area contributed by atoms with Crippen LogP contribution in [-0.2, 0) is 0 Å². The van der Waals surface area contributed by atoms with Crippen molar-refractivity contribution < 1.29 is 9.50 Å². The Balaban J connectivity index is 1.99. The molecule has 3 rings (SSSR count). The predicted molar refractivity (Wildman–Crippen MR) is 78.4 cm³/mol. The zero-order valence-electron chi connectivity index (χ0n) is 11.9. The van der Waals surface area contributed by atoms with E-state index in [2.05, 4.69) is 10.3 Å². The topological polar surface area (TPSA) is 50.9 Å². The fourth-order valence-corrected chi connectivity index (χ4v) is 2.35. The molecule has 1 atom stereocenters. The van der Waals surface area contributed by atoms with Gasteiger partial charge in [-0.2, -0.15) is 0 Å². The molecule has 0 radical (unpaired) electrons. The maximum atomic E-state index is 12.9. The van der Waals surface area contributed by atoms with Crippen molar-refractivity contribution in [2.45, 2.75) is 26.0 Å². The van der Waals surface area contributed by atoms with Crippen molar-refractivity contribution in [1.82, 2.24) is 15.0 Å². The Morgan fingerprint density at radius 2 is 1.71 bits per heavy atom. The molecule has 5 heteroatoms. The number of benzene rings is 2. The molecule has 1 unspecified atom stereocenters. The lowest BCUT2D eigenvalue weighted by molar-refractivity contribution is 0.220. The van der Waals surface area contributed by atoms with Gasteiger partial charge in [-0.15, -0.1) is 5.10 Å². The average molecular weight is 285 g/mol. The average Bonchev–Trinajstić information content (AvgIpc) is 2.90. The molecule has 1 heterocycles. The van der Waals surface area contributed by atoms with Crippen molar-refractivity contribution in [2.24, 2.45) is 0 Å². The predicted octanol–water partition coefficient (Wildman–Crippen LogP) is 3.23. The highest BCUT2D eigenvalue weighted by molar-refractivity contribution is 5.75. The molecule has 2 aromatic carbocycles. The van der Waals surface area contributed by atoms with Crippen LogP contribution in [0, 0.1) is 5.82 Å². The fraction of sp³-hybridized carbons (Fsp3) is 0.250. The first-order chi connectivity index (χ1) is 10.1. The molecule has 0 spiro atoms. The number of hydrogen-bond acceptors (Lipinski definition) is 3. The van der Waals surface area contributed by atoms with Crippen LogP contribution >= 0.6 is 0 Å². The highest BCUT2D eigenvalue weighted by Crippen LogP contribution is 2.25. The van der Waals surface area contributed by atoms with Crippen molar-refractivity contribution in [2.75, 3.05) is 0 Å². The minimum atomic E-state index is -0.806. The number of hydrogen-bond donors (Lipinski definition) is 1. The number of aliphatic hydroxyl groups is 1. The molecule has 0 amide bonds. The second-order valence-corrected chi connectivity index (χ2v) is 5.33. The summed E-state index contributed by atoms with van der Waals surface area (Å²) >= 11 is 0. The van der Waals surface area contributed by atoms with Crippen molar-refractivity contribution in [3.05, 3.63) is 59.4 Å². The fourth-order valence-electron chi connectivity index (χ4n) is 2.35. The quantitative estimate of drug-likeness (QED) is 0.803. The Bertz CT molecular complexity index is 765. The van der Waals surface area contributed by atoms with E-state index in [1.165, 1.54) is 12.1 Å². The van der Waals surface area contributed by atoms with Gasteiger partial charge in [0, 0.05) is 6.04 Å². The summed E-state index contributed by atoms with van der Waals surface area (Å²) in [5.74, 6) is -0.318. The summed E-state index contributed by atoms with van der Waals surface area (Å²) in [6, 6.07) is 11.6. The van der Waals surface area contributed by atoms with Crippen LogP contribution in [-0.4, -0.2) is 20.1 Å². The van der Waals surface area contributed by atoms with Crippen LogP contribution in [0.25, 0.3) is 11.0 Å². The zero-order valence-corrected chi connectivity index (χ0v) is 11.9. The third kappa shape index (κ3) is 2.52. The Morgan fingerprint density at radius 3 is 2.38 bits per heavy atom. The summed E-state index contributed by atoms with van der Waals surface area (Å²) < 4.78 is 14.8. The van der Waals surface area contributed by atoms with E-state index in [0.717, 1.165) is 11.0 Å². The maximum Gasteiger partial charge on any atom is 0.123 e. The molecule has 0 saturated carbocycles. The molecule has 0 aliphatic carbocycles. The number of aromatic nitrogens is 3. The minimum absolute atomic E-state index is 0.225. The lowest BCUT2D eigenvalue weighted by Gasteiger charge is -2.12. The van der Waals surface area contributed by atoms with Crippen LogP contribution in [0.4, 0.5) is 4.39 Å². The van der Waals surface area contributed by atoms with Gasteiger partial charge >= 0.3 is 0 Å². The number of fused-ring (bicyclic) bond motifs is 1. The summed E-state index contributed by atoms with van der Waals surface area (Å²) in [7, 11) is 0. The van der Waals surface area contributed by atoms with E-state index in [-0.39, 0.29) is 11.9 Å². The molecular weight excluding hydrogens is 269 g/mol. The molecule has 0 fully saturated rings. The van der Waals surface area contributed by atoms with Gasteiger partial charge in [0.25, 0.3) is 0 Å². The normalized spacial score (nSPS) is 13.0. The van der Waals surface area contributed by atoms with E-state index >= 15 is 0 Å². The third-order valence-corrected chi connectivity index (χ3v) is 3.49. The number of aliphatic hydroxyl groups excluding tert-OH is 1. The van der Waals surface area contributed by atoms with E-state index in [9.17, 15) is 9.50 Å². The molecule has 0 aliphatic heterocycles. The molecule has 0 bridgehead atoms. The Labute approximate surface area is 121 Å². The number of halogens is 1. The van der Waals surface area contributed by atoms with Crippen molar-refractivity contribution in [1.29, 1.82) is 0 Å². The molecule has 1 aromatic heterocycles. The van der Waals surface area contributed by atoms with E-state index < -0.39 is 6.10 Å². The molecule has 0 saturated heterocycles. The summed E-state index contributed by atoms with van der Waals surface area (Å²) in [5, 5.41) is 18.6. The monoisotopic (exact) mass is 285 g/mol. The largest absolute Gasteiger partial charge is 0.384 e. The zero-order chi connectivity index (χ0) is 15.0. The SMILES string of the molecule is CC(C)n1nnc2cc(C(O)c3ccc(F)cc3)ccc21. The first-order valence-electron chi connectivity index (χ1n) is 6.84. The highest BCUT2D eigenvalue weighted by Gasteiger charge is 2.14. The van der Waals surface area contributed by atoms with Gasteiger partial charge in [0.2, 0.25) is 0 Å². The van der Waals surface area contributed by atoms with Gasteiger partial charge < -0.3 is 5.11 Å². The van der Waals surface area contributed by atoms with Crippen molar-refractivity contribution in [3.8, 4) is 0 Å². The van der Waals surface area contributed by atoms with Gasteiger partial charge in [0.05, 0.1) is 5.52 Å². The standard InChI is InChI=1S/C16H16FN3O/c1-10(2)20-15-8-5-12(9-14(15)18-19-20)16(21)11-3-6-13(17)7-4-11/h3-10,16,21H,1-2H3. The van der Waals surface area contributed by atoms with E-state index in [0.29, 0.717) is 11.1 Å². The smallest absolute Gasteiger partial charge is 0.123 e. The second-order valence-electron chi connectivity index (χ2n) is 5.33. The lowest BCUT2D eigenvalue weighted by atomic mass is 10.0. The van der Waals surface area contributed by atoms with E-state index in [4.69, 9.17) is 0 Å². The third-order valence-electron chi connectivity index (χ3n) is 3.49. The molecule has 1 N–H and O–H groups in total. The van der Waals surface area contributed by atoms with Crippen molar-refractivity contribution in [3.63, 3.8) is 0 Å². The molecular formula is C16H16FN3O. The first-order valence-corrected chi connectivity index (χ1v) is 6.84. The van der Waals surface area contributed by atoms with Crippen LogP contribution in [0.3, 0.4) is 0 Å². The van der Waals surface area contributed by atoms with Gasteiger partial charge in [0.15, 0.2) is 0 Å². The Morgan fingerprint density at radius 1 is 1.05 bits per heavy atom. The lowest BCUT2D eigenvalue weighted by Crippen LogP contribution is -2.03. The van der Waals surface area contributed by atoms with Gasteiger partial charge in [-0.1, -0.05) is 23.4 Å².